The second-order valence-corrected chi connectivity index (χ2v) is 7.84. The summed E-state index contributed by atoms with van der Waals surface area (Å²) < 4.78 is 26.1. The second kappa shape index (κ2) is 5.52. The van der Waals surface area contributed by atoms with Crippen LogP contribution in [0.5, 0.6) is 0 Å². The van der Waals surface area contributed by atoms with Crippen molar-refractivity contribution in [2.45, 2.75) is 38.3 Å². The first kappa shape index (κ1) is 15.6. The molecule has 2 rings (SSSR count). The molecule has 0 unspecified atom stereocenters. The molecule has 0 atom stereocenters. The summed E-state index contributed by atoms with van der Waals surface area (Å²) in [6.45, 7) is 5.81. The largest absolute Gasteiger partial charge is 0.478 e. The average molecular weight is 309 g/mol. The molecule has 5 nitrogen and oxygen atoms in total. The van der Waals surface area contributed by atoms with Crippen molar-refractivity contribution in [2.75, 3.05) is 0 Å². The number of nitrogens with zero attached hydrogens (tertiary/aromatic N) is 1. The molecule has 114 valence electrons. The SMILES string of the molecule is CCn1c(CS(=O)(=O)C(C)C)cc2c(C(=O)O)cccc21. The Morgan fingerprint density at radius 1 is 1.33 bits per heavy atom. The molecule has 0 aliphatic carbocycles. The van der Waals surface area contributed by atoms with Gasteiger partial charge in [0.1, 0.15) is 0 Å². The van der Waals surface area contributed by atoms with E-state index in [1.807, 2.05) is 17.6 Å². The van der Waals surface area contributed by atoms with Crippen LogP contribution in [0, 0.1) is 0 Å². The number of carboxylic acid groups (broad SMARTS) is 1. The van der Waals surface area contributed by atoms with E-state index in [-0.39, 0.29) is 11.3 Å². The minimum Gasteiger partial charge on any atom is -0.478 e. The molecule has 21 heavy (non-hydrogen) atoms. The quantitative estimate of drug-likeness (QED) is 0.921. The van der Waals surface area contributed by atoms with Gasteiger partial charge in [0, 0.05) is 23.1 Å². The van der Waals surface area contributed by atoms with Crippen molar-refractivity contribution in [1.82, 2.24) is 4.57 Å². The molecule has 1 heterocycles. The predicted molar refractivity (Wildman–Crippen MR) is 82.3 cm³/mol. The van der Waals surface area contributed by atoms with Gasteiger partial charge in [-0.25, -0.2) is 13.2 Å². The summed E-state index contributed by atoms with van der Waals surface area (Å²) in [7, 11) is -3.23. The molecule has 2 aromatic rings. The lowest BCUT2D eigenvalue weighted by Crippen LogP contribution is -2.18. The van der Waals surface area contributed by atoms with E-state index in [0.29, 0.717) is 17.6 Å². The van der Waals surface area contributed by atoms with Gasteiger partial charge in [0.25, 0.3) is 0 Å². The van der Waals surface area contributed by atoms with E-state index in [1.54, 1.807) is 26.0 Å². The highest BCUT2D eigenvalue weighted by Crippen LogP contribution is 2.25. The number of carboxylic acids is 1. The third kappa shape index (κ3) is 2.81. The number of hydrogen-bond acceptors (Lipinski definition) is 3. The Hall–Kier alpha value is -1.82. The maximum atomic E-state index is 12.1. The number of rotatable bonds is 5. The molecule has 0 aliphatic rings. The van der Waals surface area contributed by atoms with E-state index in [0.717, 1.165) is 5.52 Å². The Labute approximate surface area is 124 Å². The number of hydrogen-bond donors (Lipinski definition) is 1. The fourth-order valence-corrected chi connectivity index (χ4v) is 3.38. The summed E-state index contributed by atoms with van der Waals surface area (Å²) in [5.41, 5.74) is 1.59. The number of aryl methyl sites for hydroxylation is 1. The molecule has 0 saturated heterocycles. The smallest absolute Gasteiger partial charge is 0.336 e. The molecule has 0 radical (unpaired) electrons. The van der Waals surface area contributed by atoms with Crippen LogP contribution in [0.3, 0.4) is 0 Å². The van der Waals surface area contributed by atoms with Gasteiger partial charge in [-0.3, -0.25) is 0 Å². The molecule has 0 bridgehead atoms. The minimum atomic E-state index is -3.23. The van der Waals surface area contributed by atoms with Crippen molar-refractivity contribution in [2.24, 2.45) is 0 Å². The Balaban J connectivity index is 2.65. The molecule has 1 aromatic carbocycles. The zero-order chi connectivity index (χ0) is 15.8. The lowest BCUT2D eigenvalue weighted by molar-refractivity contribution is 0.0699. The highest BCUT2D eigenvalue weighted by atomic mass is 32.2. The van der Waals surface area contributed by atoms with Crippen LogP contribution in [0.25, 0.3) is 10.9 Å². The first-order chi connectivity index (χ1) is 9.77. The third-order valence-corrected chi connectivity index (χ3v) is 5.78. The van der Waals surface area contributed by atoms with Gasteiger partial charge < -0.3 is 9.67 Å². The van der Waals surface area contributed by atoms with Crippen molar-refractivity contribution < 1.29 is 18.3 Å². The van der Waals surface area contributed by atoms with E-state index < -0.39 is 21.1 Å². The van der Waals surface area contributed by atoms with Gasteiger partial charge in [-0.15, -0.1) is 0 Å². The summed E-state index contributed by atoms with van der Waals surface area (Å²) in [6, 6.07) is 6.71. The maximum Gasteiger partial charge on any atom is 0.336 e. The Morgan fingerprint density at radius 3 is 2.52 bits per heavy atom. The molecule has 6 heteroatoms. The number of fused-ring (bicyclic) bond motifs is 1. The van der Waals surface area contributed by atoms with Gasteiger partial charge in [-0.1, -0.05) is 6.07 Å². The van der Waals surface area contributed by atoms with Crippen LogP contribution in [0.1, 0.15) is 36.8 Å². The fraction of sp³-hybridized carbons (Fsp3) is 0.400. The molecule has 0 saturated carbocycles. The molecule has 1 N–H and O–H groups in total. The molecule has 0 amide bonds. The first-order valence-corrected chi connectivity index (χ1v) is 8.55. The normalized spacial score (nSPS) is 12.2. The minimum absolute atomic E-state index is 0.0771. The number of sulfone groups is 1. The standard InChI is InChI=1S/C15H19NO4S/c1-4-16-11(9-21(19,20)10(2)3)8-13-12(15(17)18)6-5-7-14(13)16/h5-8,10H,4,9H2,1-3H3,(H,17,18). The summed E-state index contributed by atoms with van der Waals surface area (Å²) in [5, 5.41) is 9.37. The maximum absolute atomic E-state index is 12.1. The zero-order valence-corrected chi connectivity index (χ0v) is 13.1. The highest BCUT2D eigenvalue weighted by molar-refractivity contribution is 7.91. The molecular weight excluding hydrogens is 290 g/mol. The van der Waals surface area contributed by atoms with Crippen LogP contribution in [0.2, 0.25) is 0 Å². The van der Waals surface area contributed by atoms with E-state index in [9.17, 15) is 18.3 Å². The van der Waals surface area contributed by atoms with Crippen molar-refractivity contribution in [3.63, 3.8) is 0 Å². The number of aromatic nitrogens is 1. The van der Waals surface area contributed by atoms with Crippen LogP contribution in [-0.4, -0.2) is 29.3 Å². The monoisotopic (exact) mass is 309 g/mol. The molecule has 1 aromatic heterocycles. The van der Waals surface area contributed by atoms with Gasteiger partial charge >= 0.3 is 5.97 Å². The van der Waals surface area contributed by atoms with Crippen LogP contribution in [0.15, 0.2) is 24.3 Å². The van der Waals surface area contributed by atoms with E-state index >= 15 is 0 Å². The summed E-state index contributed by atoms with van der Waals surface area (Å²) >= 11 is 0. The molecule has 0 aliphatic heterocycles. The predicted octanol–water partition coefficient (Wildman–Crippen LogP) is 2.68. The van der Waals surface area contributed by atoms with Gasteiger partial charge in [-0.05, 0) is 39.0 Å². The van der Waals surface area contributed by atoms with Gasteiger partial charge in [0.2, 0.25) is 0 Å². The van der Waals surface area contributed by atoms with Crippen molar-refractivity contribution >= 4 is 26.7 Å². The van der Waals surface area contributed by atoms with Gasteiger partial charge in [0.05, 0.1) is 16.6 Å². The van der Waals surface area contributed by atoms with Crippen LogP contribution in [0.4, 0.5) is 0 Å². The first-order valence-electron chi connectivity index (χ1n) is 6.84. The van der Waals surface area contributed by atoms with Crippen molar-refractivity contribution in [1.29, 1.82) is 0 Å². The number of benzene rings is 1. The number of carbonyl (C=O) groups is 1. The summed E-state index contributed by atoms with van der Waals surface area (Å²) in [5.74, 6) is -1.08. The van der Waals surface area contributed by atoms with E-state index in [4.69, 9.17) is 0 Å². The van der Waals surface area contributed by atoms with E-state index in [2.05, 4.69) is 0 Å². The molecule has 0 fully saturated rings. The Morgan fingerprint density at radius 2 is 2.00 bits per heavy atom. The zero-order valence-electron chi connectivity index (χ0n) is 12.3. The Kier molecular flexibility index (Phi) is 4.09. The van der Waals surface area contributed by atoms with Crippen LogP contribution >= 0.6 is 0 Å². The summed E-state index contributed by atoms with van der Waals surface area (Å²) in [4.78, 5) is 11.3. The van der Waals surface area contributed by atoms with Gasteiger partial charge in [-0.2, -0.15) is 0 Å². The topological polar surface area (TPSA) is 76.4 Å². The van der Waals surface area contributed by atoms with Crippen LogP contribution < -0.4 is 0 Å². The Bertz CT molecular complexity index is 787. The lowest BCUT2D eigenvalue weighted by atomic mass is 10.1. The number of aromatic carboxylic acids is 1. The fourth-order valence-electron chi connectivity index (χ4n) is 2.39. The van der Waals surface area contributed by atoms with Gasteiger partial charge in [0.15, 0.2) is 9.84 Å². The highest BCUT2D eigenvalue weighted by Gasteiger charge is 2.21. The molecular formula is C15H19NO4S. The lowest BCUT2D eigenvalue weighted by Gasteiger charge is -2.10. The van der Waals surface area contributed by atoms with Crippen LogP contribution in [-0.2, 0) is 22.1 Å². The van der Waals surface area contributed by atoms with E-state index in [1.165, 1.54) is 6.07 Å². The second-order valence-electron chi connectivity index (χ2n) is 5.28. The average Bonchev–Trinajstić information content (AvgIpc) is 2.74. The molecule has 0 spiro atoms. The van der Waals surface area contributed by atoms with Crippen molar-refractivity contribution in [3.8, 4) is 0 Å². The third-order valence-electron chi connectivity index (χ3n) is 3.65. The van der Waals surface area contributed by atoms with Crippen molar-refractivity contribution in [3.05, 3.63) is 35.5 Å². The summed E-state index contributed by atoms with van der Waals surface area (Å²) in [6.07, 6.45) is 0.